The molecule has 5 aromatic heterocycles. The standard InChI is InChI=1S/C31H29F2N7O3/c1-6-23(41)38-10-11-39(18(5)15-38)29-19-13-20(32)26(24-21(33)14-35-22-8-12-43-28(22)24)36-30(19)40(31(42)37-29)27-17(4)7-9-34-25(27)16(2)3/h6-9,12-14,16,18H,1,10-11,15H2,2-5H3/t18-/m0/s1. The average Bonchev–Trinajstić information content (AvgIpc) is 3.46. The number of rotatable bonds is 5. The molecule has 0 N–H and O–H groups in total. The fraction of sp³-hybridized carbons (Fsp3) is 0.290. The largest absolute Gasteiger partial charge is 0.462 e. The van der Waals surface area contributed by atoms with Gasteiger partial charge in [0.25, 0.3) is 0 Å². The third-order valence-corrected chi connectivity index (χ3v) is 7.78. The van der Waals surface area contributed by atoms with Gasteiger partial charge in [0.15, 0.2) is 22.9 Å². The number of nitrogens with zero attached hydrogens (tertiary/aromatic N) is 7. The van der Waals surface area contributed by atoms with E-state index in [1.807, 2.05) is 32.6 Å². The molecule has 1 atom stereocenters. The van der Waals surface area contributed by atoms with Gasteiger partial charge in [-0.1, -0.05) is 20.4 Å². The highest BCUT2D eigenvalue weighted by Crippen LogP contribution is 2.36. The molecule has 0 bridgehead atoms. The van der Waals surface area contributed by atoms with E-state index in [-0.39, 0.29) is 51.6 Å². The summed E-state index contributed by atoms with van der Waals surface area (Å²) in [5.74, 6) is -1.71. The monoisotopic (exact) mass is 585 g/mol. The molecule has 1 fully saturated rings. The van der Waals surface area contributed by atoms with Crippen molar-refractivity contribution in [2.24, 2.45) is 0 Å². The molecule has 0 unspecified atom stereocenters. The van der Waals surface area contributed by atoms with Gasteiger partial charge < -0.3 is 14.2 Å². The number of hydrogen-bond acceptors (Lipinski definition) is 8. The van der Waals surface area contributed by atoms with Crippen LogP contribution >= 0.6 is 0 Å². The molecule has 1 amide bonds. The lowest BCUT2D eigenvalue weighted by Crippen LogP contribution is -2.54. The lowest BCUT2D eigenvalue weighted by Gasteiger charge is -2.40. The quantitative estimate of drug-likeness (QED) is 0.268. The fourth-order valence-electron chi connectivity index (χ4n) is 5.70. The van der Waals surface area contributed by atoms with E-state index in [4.69, 9.17) is 4.42 Å². The first-order chi connectivity index (χ1) is 20.6. The lowest BCUT2D eigenvalue weighted by molar-refractivity contribution is -0.126. The van der Waals surface area contributed by atoms with E-state index >= 15 is 8.78 Å². The van der Waals surface area contributed by atoms with Crippen LogP contribution in [0.2, 0.25) is 0 Å². The van der Waals surface area contributed by atoms with Crippen LogP contribution in [-0.4, -0.2) is 61.0 Å². The van der Waals surface area contributed by atoms with Crippen LogP contribution in [0.3, 0.4) is 0 Å². The number of halogens is 2. The second-order valence-electron chi connectivity index (χ2n) is 10.9. The van der Waals surface area contributed by atoms with Crippen LogP contribution in [0.15, 0.2) is 58.7 Å². The highest BCUT2D eigenvalue weighted by atomic mass is 19.1. The van der Waals surface area contributed by atoms with Gasteiger partial charge in [-0.15, -0.1) is 0 Å². The highest BCUT2D eigenvalue weighted by molar-refractivity contribution is 5.94. The molecule has 1 aliphatic heterocycles. The van der Waals surface area contributed by atoms with E-state index in [2.05, 4.69) is 26.5 Å². The Hall–Kier alpha value is -5.00. The highest BCUT2D eigenvalue weighted by Gasteiger charge is 2.31. The summed E-state index contributed by atoms with van der Waals surface area (Å²) in [6.07, 6.45) is 5.24. The zero-order chi connectivity index (χ0) is 30.6. The number of hydrogen-bond donors (Lipinski definition) is 0. The molecule has 220 valence electrons. The summed E-state index contributed by atoms with van der Waals surface area (Å²) in [5.41, 5.74) is 1.09. The van der Waals surface area contributed by atoms with Gasteiger partial charge in [-0.3, -0.25) is 9.78 Å². The van der Waals surface area contributed by atoms with E-state index < -0.39 is 17.3 Å². The molecular weight excluding hydrogens is 556 g/mol. The summed E-state index contributed by atoms with van der Waals surface area (Å²) in [6, 6.07) is 4.27. The summed E-state index contributed by atoms with van der Waals surface area (Å²) in [6.45, 7) is 12.2. The average molecular weight is 586 g/mol. The predicted molar refractivity (Wildman–Crippen MR) is 158 cm³/mol. The molecule has 6 rings (SSSR count). The number of carbonyl (C=O) groups excluding carboxylic acids is 1. The van der Waals surface area contributed by atoms with Gasteiger partial charge in [-0.05, 0) is 43.5 Å². The molecule has 0 aliphatic carbocycles. The Balaban J connectivity index is 1.67. The van der Waals surface area contributed by atoms with Gasteiger partial charge in [0.05, 0.1) is 34.8 Å². The minimum Gasteiger partial charge on any atom is -0.462 e. The van der Waals surface area contributed by atoms with E-state index in [1.165, 1.54) is 23.0 Å². The molecule has 43 heavy (non-hydrogen) atoms. The lowest BCUT2D eigenvalue weighted by atomic mass is 10.0. The Morgan fingerprint density at radius 3 is 2.67 bits per heavy atom. The van der Waals surface area contributed by atoms with Crippen LogP contribution < -0.4 is 10.6 Å². The van der Waals surface area contributed by atoms with Crippen LogP contribution in [0, 0.1) is 18.6 Å². The number of anilines is 1. The van der Waals surface area contributed by atoms with Gasteiger partial charge >= 0.3 is 5.69 Å². The first kappa shape index (κ1) is 28.1. The van der Waals surface area contributed by atoms with Crippen molar-refractivity contribution in [1.29, 1.82) is 0 Å². The summed E-state index contributed by atoms with van der Waals surface area (Å²) in [7, 11) is 0. The van der Waals surface area contributed by atoms with Gasteiger partial charge in [-0.25, -0.2) is 28.1 Å². The molecule has 5 aromatic rings. The van der Waals surface area contributed by atoms with Gasteiger partial charge in [0.2, 0.25) is 5.91 Å². The van der Waals surface area contributed by atoms with Crippen molar-refractivity contribution >= 4 is 33.9 Å². The second-order valence-corrected chi connectivity index (χ2v) is 10.9. The van der Waals surface area contributed by atoms with Crippen molar-refractivity contribution < 1.29 is 18.0 Å². The summed E-state index contributed by atoms with van der Waals surface area (Å²) in [4.78, 5) is 47.4. The van der Waals surface area contributed by atoms with Crippen LogP contribution in [0.1, 0.15) is 37.9 Å². The van der Waals surface area contributed by atoms with Crippen LogP contribution in [-0.2, 0) is 4.79 Å². The number of pyridine rings is 3. The third-order valence-electron chi connectivity index (χ3n) is 7.78. The minimum atomic E-state index is -0.830. The van der Waals surface area contributed by atoms with Gasteiger partial charge in [0.1, 0.15) is 17.0 Å². The van der Waals surface area contributed by atoms with E-state index in [1.54, 1.807) is 23.2 Å². The summed E-state index contributed by atoms with van der Waals surface area (Å²) >= 11 is 0. The Bertz CT molecular complexity index is 1980. The first-order valence-electron chi connectivity index (χ1n) is 13.9. The number of aryl methyl sites for hydroxylation is 1. The molecule has 10 nitrogen and oxygen atoms in total. The molecule has 6 heterocycles. The predicted octanol–water partition coefficient (Wildman–Crippen LogP) is 4.92. The number of carbonyl (C=O) groups is 1. The number of furan rings is 1. The maximum Gasteiger partial charge on any atom is 0.355 e. The maximum absolute atomic E-state index is 16.1. The fourth-order valence-corrected chi connectivity index (χ4v) is 5.70. The molecule has 1 aliphatic rings. The van der Waals surface area contributed by atoms with Crippen LogP contribution in [0.5, 0.6) is 0 Å². The van der Waals surface area contributed by atoms with E-state index in [0.717, 1.165) is 11.8 Å². The summed E-state index contributed by atoms with van der Waals surface area (Å²) < 4.78 is 38.2. The SMILES string of the molecule is C=CC(=O)N1CCN(c2nc(=O)n(-c3c(C)ccnc3C(C)C)c3nc(-c4c(F)cnc5ccoc45)c(F)cc23)[C@@H](C)C1. The van der Waals surface area contributed by atoms with Gasteiger partial charge in [-0.2, -0.15) is 4.98 Å². The minimum absolute atomic E-state index is 0.0333. The Kier molecular flexibility index (Phi) is 6.99. The molecular formula is C31H29F2N7O3. The number of piperazine rings is 1. The van der Waals surface area contributed by atoms with Crippen LogP contribution in [0.25, 0.3) is 39.1 Å². The van der Waals surface area contributed by atoms with Crippen molar-refractivity contribution in [2.75, 3.05) is 24.5 Å². The van der Waals surface area contributed by atoms with Crippen molar-refractivity contribution in [3.05, 3.63) is 82.9 Å². The second kappa shape index (κ2) is 10.7. The Morgan fingerprint density at radius 1 is 1.16 bits per heavy atom. The van der Waals surface area contributed by atoms with Gasteiger partial charge in [0, 0.05) is 37.9 Å². The number of aromatic nitrogens is 5. The Morgan fingerprint density at radius 2 is 1.95 bits per heavy atom. The smallest absolute Gasteiger partial charge is 0.355 e. The number of fused-ring (bicyclic) bond motifs is 2. The maximum atomic E-state index is 16.1. The third kappa shape index (κ3) is 4.62. The Labute approximate surface area is 245 Å². The zero-order valence-corrected chi connectivity index (χ0v) is 24.1. The molecule has 12 heteroatoms. The zero-order valence-electron chi connectivity index (χ0n) is 24.1. The van der Waals surface area contributed by atoms with Crippen molar-refractivity contribution in [1.82, 2.24) is 29.4 Å². The molecule has 1 saturated heterocycles. The molecule has 0 aromatic carbocycles. The first-order valence-corrected chi connectivity index (χ1v) is 13.9. The normalized spacial score (nSPS) is 15.6. The van der Waals surface area contributed by atoms with E-state index in [0.29, 0.717) is 36.5 Å². The van der Waals surface area contributed by atoms with Crippen molar-refractivity contribution in [3.63, 3.8) is 0 Å². The van der Waals surface area contributed by atoms with Crippen molar-refractivity contribution in [2.45, 2.75) is 39.7 Å². The number of amides is 1. The topological polar surface area (TPSA) is 110 Å². The van der Waals surface area contributed by atoms with E-state index in [9.17, 15) is 9.59 Å². The van der Waals surface area contributed by atoms with Crippen LogP contribution in [0.4, 0.5) is 14.6 Å². The molecule has 0 saturated carbocycles. The van der Waals surface area contributed by atoms with Crippen molar-refractivity contribution in [3.8, 4) is 16.9 Å². The molecule has 0 radical (unpaired) electrons. The molecule has 0 spiro atoms. The summed E-state index contributed by atoms with van der Waals surface area (Å²) in [5, 5.41) is 0.249.